The lowest BCUT2D eigenvalue weighted by Crippen LogP contribution is -2.47. The number of aromatic nitrogens is 3. The van der Waals surface area contributed by atoms with Crippen LogP contribution >= 0.6 is 0 Å². The Bertz CT molecular complexity index is 550. The number of aliphatic hydroxyl groups is 3. The molecular weight excluding hydrogens is 246 g/mol. The molecule has 18 heavy (non-hydrogen) atoms. The Kier molecular flexibility index (Phi) is 3.07. The Morgan fingerprint density at radius 1 is 1.61 bits per heavy atom. The highest BCUT2D eigenvalue weighted by molar-refractivity contribution is 4.98. The summed E-state index contributed by atoms with van der Waals surface area (Å²) in [6, 6.07) is 0. The average molecular weight is 259 g/mol. The van der Waals surface area contributed by atoms with Gasteiger partial charge in [0.15, 0.2) is 6.23 Å². The van der Waals surface area contributed by atoms with E-state index in [1.54, 1.807) is 0 Å². The molecule has 1 fully saturated rings. The molecule has 9 nitrogen and oxygen atoms in total. The van der Waals surface area contributed by atoms with Crippen LogP contribution in [0, 0.1) is 0 Å². The van der Waals surface area contributed by atoms with E-state index in [4.69, 9.17) is 9.84 Å². The Hall–Kier alpha value is -1.55. The topological polar surface area (TPSA) is 138 Å². The van der Waals surface area contributed by atoms with E-state index >= 15 is 0 Å². The first-order chi connectivity index (χ1) is 8.37. The van der Waals surface area contributed by atoms with Crippen molar-refractivity contribution in [1.82, 2.24) is 14.8 Å². The normalized spacial score (nSPS) is 35.9. The van der Waals surface area contributed by atoms with Gasteiger partial charge in [0.2, 0.25) is 0 Å². The van der Waals surface area contributed by atoms with Crippen LogP contribution in [0.5, 0.6) is 0 Å². The van der Waals surface area contributed by atoms with Crippen molar-refractivity contribution in [2.24, 2.45) is 0 Å². The molecule has 1 aliphatic rings. The maximum absolute atomic E-state index is 11.5. The van der Waals surface area contributed by atoms with Crippen molar-refractivity contribution in [2.75, 3.05) is 6.61 Å². The molecule has 4 N–H and O–H groups in total. The minimum atomic E-state index is -1.82. The fourth-order valence-corrected chi connectivity index (χ4v) is 1.88. The zero-order valence-electron chi connectivity index (χ0n) is 9.48. The van der Waals surface area contributed by atoms with Gasteiger partial charge in [0.05, 0.1) is 6.61 Å². The summed E-state index contributed by atoms with van der Waals surface area (Å²) in [7, 11) is 0. The number of H-pyrrole nitrogens is 1. The number of rotatable bonds is 2. The molecule has 0 spiro atoms. The van der Waals surface area contributed by atoms with Crippen molar-refractivity contribution in [2.45, 2.75) is 31.0 Å². The molecular formula is C9H13N3O6. The zero-order valence-corrected chi connectivity index (χ0v) is 9.48. The summed E-state index contributed by atoms with van der Waals surface area (Å²) in [5, 5.41) is 32.4. The van der Waals surface area contributed by atoms with Gasteiger partial charge in [-0.15, -0.1) is 0 Å². The minimum Gasteiger partial charge on any atom is -0.394 e. The van der Waals surface area contributed by atoms with Crippen LogP contribution in [0.2, 0.25) is 0 Å². The van der Waals surface area contributed by atoms with Gasteiger partial charge in [0.1, 0.15) is 24.0 Å². The van der Waals surface area contributed by atoms with Crippen LogP contribution in [0.3, 0.4) is 0 Å². The van der Waals surface area contributed by atoms with Crippen molar-refractivity contribution < 1.29 is 20.1 Å². The Morgan fingerprint density at radius 3 is 2.78 bits per heavy atom. The number of nitrogens with zero attached hydrogens (tertiary/aromatic N) is 2. The molecule has 2 heterocycles. The van der Waals surface area contributed by atoms with Gasteiger partial charge < -0.3 is 20.1 Å². The second-order valence-electron chi connectivity index (χ2n) is 4.26. The number of hydrogen-bond acceptors (Lipinski definition) is 7. The highest BCUT2D eigenvalue weighted by atomic mass is 16.6. The predicted octanol–water partition coefficient (Wildman–Crippen LogP) is -3.07. The van der Waals surface area contributed by atoms with E-state index in [0.717, 1.165) is 6.20 Å². The molecule has 1 saturated heterocycles. The smallest absolute Gasteiger partial charge is 0.347 e. The third-order valence-corrected chi connectivity index (χ3v) is 2.89. The fourth-order valence-electron chi connectivity index (χ4n) is 1.88. The minimum absolute atomic E-state index is 0.522. The van der Waals surface area contributed by atoms with Crippen molar-refractivity contribution >= 4 is 0 Å². The molecule has 4 atom stereocenters. The third-order valence-electron chi connectivity index (χ3n) is 2.89. The maximum Gasteiger partial charge on any atom is 0.347 e. The summed E-state index contributed by atoms with van der Waals surface area (Å²) in [5.74, 6) is 0. The van der Waals surface area contributed by atoms with Gasteiger partial charge >= 0.3 is 5.69 Å². The summed E-state index contributed by atoms with van der Waals surface area (Å²) in [4.78, 5) is 24.4. The lowest BCUT2D eigenvalue weighted by atomic mass is 9.97. The summed E-state index contributed by atoms with van der Waals surface area (Å²) < 4.78 is 5.88. The molecule has 1 aromatic rings. The molecule has 9 heteroatoms. The van der Waals surface area contributed by atoms with Gasteiger partial charge in [-0.2, -0.15) is 9.78 Å². The van der Waals surface area contributed by atoms with Gasteiger partial charge in [0.25, 0.3) is 5.56 Å². The van der Waals surface area contributed by atoms with Crippen LogP contribution in [-0.2, 0) is 4.74 Å². The van der Waals surface area contributed by atoms with E-state index in [-0.39, 0.29) is 0 Å². The number of nitrogens with one attached hydrogen (secondary N) is 1. The molecule has 100 valence electrons. The van der Waals surface area contributed by atoms with Crippen LogP contribution in [-0.4, -0.2) is 54.5 Å². The van der Waals surface area contributed by atoms with Gasteiger partial charge in [-0.05, 0) is 6.92 Å². The molecule has 0 radical (unpaired) electrons. The summed E-state index contributed by atoms with van der Waals surface area (Å²) in [6.45, 7) is 0.725. The first-order valence-electron chi connectivity index (χ1n) is 5.23. The van der Waals surface area contributed by atoms with E-state index in [0.29, 0.717) is 4.68 Å². The van der Waals surface area contributed by atoms with E-state index < -0.39 is 41.9 Å². The Morgan fingerprint density at radius 2 is 2.28 bits per heavy atom. The molecule has 1 aromatic heterocycles. The zero-order chi connectivity index (χ0) is 13.5. The van der Waals surface area contributed by atoms with Crippen molar-refractivity contribution in [1.29, 1.82) is 0 Å². The number of hydrogen-bond donors (Lipinski definition) is 4. The maximum atomic E-state index is 11.5. The largest absolute Gasteiger partial charge is 0.394 e. The summed E-state index contributed by atoms with van der Waals surface area (Å²) in [6.07, 6.45) is -2.87. The second kappa shape index (κ2) is 4.28. The number of aliphatic hydroxyl groups excluding tert-OH is 2. The second-order valence-corrected chi connectivity index (χ2v) is 4.26. The standard InChI is InChI=1S/C9H13N3O6/c1-9(17)6(15)4(3-13)18-7(9)12-8(16)11-5(14)2-10-12/h2,4,6-7,13,15,17H,3H2,1H3,(H,11,14,16)/t4?,6-,7?,9?/m1/s1. The molecule has 0 amide bonds. The van der Waals surface area contributed by atoms with E-state index in [1.807, 2.05) is 4.98 Å². The van der Waals surface area contributed by atoms with Crippen LogP contribution in [0.4, 0.5) is 0 Å². The van der Waals surface area contributed by atoms with Crippen molar-refractivity contribution in [3.05, 3.63) is 27.0 Å². The van der Waals surface area contributed by atoms with E-state index in [1.165, 1.54) is 6.92 Å². The monoisotopic (exact) mass is 259 g/mol. The van der Waals surface area contributed by atoms with Gasteiger partial charge in [-0.1, -0.05) is 0 Å². The quantitative estimate of drug-likeness (QED) is 0.442. The molecule has 1 aliphatic heterocycles. The Labute approximate surface area is 100 Å². The highest BCUT2D eigenvalue weighted by Gasteiger charge is 2.53. The van der Waals surface area contributed by atoms with E-state index in [9.17, 15) is 19.8 Å². The predicted molar refractivity (Wildman–Crippen MR) is 56.7 cm³/mol. The van der Waals surface area contributed by atoms with Gasteiger partial charge in [-0.25, -0.2) is 4.79 Å². The third kappa shape index (κ3) is 1.86. The fraction of sp³-hybridized carbons (Fsp3) is 0.667. The number of aromatic amines is 1. The van der Waals surface area contributed by atoms with Crippen molar-refractivity contribution in [3.8, 4) is 0 Å². The van der Waals surface area contributed by atoms with Crippen molar-refractivity contribution in [3.63, 3.8) is 0 Å². The molecule has 0 aliphatic carbocycles. The molecule has 0 bridgehead atoms. The molecule has 0 aromatic carbocycles. The molecule has 0 saturated carbocycles. The lowest BCUT2D eigenvalue weighted by Gasteiger charge is -2.26. The first-order valence-corrected chi connectivity index (χ1v) is 5.23. The highest BCUT2D eigenvalue weighted by Crippen LogP contribution is 2.36. The van der Waals surface area contributed by atoms with Gasteiger partial charge in [-0.3, -0.25) is 9.78 Å². The summed E-state index contributed by atoms with van der Waals surface area (Å²) in [5.41, 5.74) is -3.38. The number of ether oxygens (including phenoxy) is 1. The van der Waals surface area contributed by atoms with E-state index in [2.05, 4.69) is 5.10 Å². The van der Waals surface area contributed by atoms with Crippen LogP contribution in [0.1, 0.15) is 13.2 Å². The summed E-state index contributed by atoms with van der Waals surface area (Å²) >= 11 is 0. The van der Waals surface area contributed by atoms with Crippen LogP contribution < -0.4 is 11.2 Å². The molecule has 3 unspecified atom stereocenters. The SMILES string of the molecule is CC1(O)C(n2ncc(=O)[nH]c2=O)OC(CO)[C@H]1O. The van der Waals surface area contributed by atoms with Crippen LogP contribution in [0.25, 0.3) is 0 Å². The molecule has 2 rings (SSSR count). The lowest BCUT2D eigenvalue weighted by molar-refractivity contribution is -0.105. The average Bonchev–Trinajstić information content (AvgIpc) is 2.52. The van der Waals surface area contributed by atoms with Gasteiger partial charge in [0, 0.05) is 0 Å². The Balaban J connectivity index is 2.45. The van der Waals surface area contributed by atoms with Crippen LogP contribution in [0.15, 0.2) is 15.8 Å². The first kappa shape index (κ1) is 12.9.